The summed E-state index contributed by atoms with van der Waals surface area (Å²) in [6.07, 6.45) is 3.11. The Kier molecular flexibility index (Phi) is 6.45. The molecule has 12 heteroatoms. The summed E-state index contributed by atoms with van der Waals surface area (Å²) in [6, 6.07) is 12.3. The van der Waals surface area contributed by atoms with Crippen LogP contribution >= 0.6 is 11.6 Å². The van der Waals surface area contributed by atoms with E-state index in [1.54, 1.807) is 21.8 Å². The number of carbonyl (C=O) groups excluding carboxylic acids is 1. The van der Waals surface area contributed by atoms with Crippen LogP contribution in [0.15, 0.2) is 65.8 Å². The zero-order valence-corrected chi connectivity index (χ0v) is 18.9. The van der Waals surface area contributed by atoms with Gasteiger partial charge in [0.25, 0.3) is 11.6 Å². The van der Waals surface area contributed by atoms with Crippen molar-refractivity contribution in [3.05, 3.63) is 87.2 Å². The quantitative estimate of drug-likeness (QED) is 0.388. The van der Waals surface area contributed by atoms with Crippen molar-refractivity contribution in [3.8, 4) is 0 Å². The summed E-state index contributed by atoms with van der Waals surface area (Å²) in [7, 11) is -3.90. The van der Waals surface area contributed by atoms with Crippen LogP contribution in [0.4, 0.5) is 5.69 Å². The molecule has 0 N–H and O–H groups in total. The van der Waals surface area contributed by atoms with Crippen molar-refractivity contribution in [3.63, 3.8) is 0 Å². The minimum absolute atomic E-state index is 0.0878. The highest BCUT2D eigenvalue weighted by Gasteiger charge is 2.31. The maximum atomic E-state index is 12.9. The van der Waals surface area contributed by atoms with E-state index < -0.39 is 14.9 Å². The molecule has 3 aromatic rings. The standard InChI is InChI=1S/C21H20ClN5O5S/c22-20-7-2-1-4-16(20)14-25-15-17(13-23-25)21(28)24-8-10-26(11-9-24)33(31,32)19-6-3-5-18(12-19)27(29)30/h1-7,12-13,15H,8-11,14H2. The van der Waals surface area contributed by atoms with Gasteiger partial charge in [-0.2, -0.15) is 9.40 Å². The van der Waals surface area contributed by atoms with E-state index in [2.05, 4.69) is 5.10 Å². The number of amides is 1. The van der Waals surface area contributed by atoms with E-state index in [4.69, 9.17) is 11.6 Å². The third-order valence-corrected chi connectivity index (χ3v) is 7.63. The Morgan fingerprint density at radius 2 is 1.82 bits per heavy atom. The largest absolute Gasteiger partial charge is 0.336 e. The fourth-order valence-electron chi connectivity index (χ4n) is 3.58. The van der Waals surface area contributed by atoms with E-state index in [0.717, 1.165) is 11.6 Å². The molecule has 4 rings (SSSR count). The first-order valence-corrected chi connectivity index (χ1v) is 11.9. The fraction of sp³-hybridized carbons (Fsp3) is 0.238. The van der Waals surface area contributed by atoms with Gasteiger partial charge in [-0.3, -0.25) is 19.6 Å². The Morgan fingerprint density at radius 3 is 2.52 bits per heavy atom. The average Bonchev–Trinajstić information content (AvgIpc) is 3.29. The van der Waals surface area contributed by atoms with Gasteiger partial charge in [0.1, 0.15) is 0 Å². The Morgan fingerprint density at radius 1 is 1.09 bits per heavy atom. The van der Waals surface area contributed by atoms with Gasteiger partial charge in [0, 0.05) is 49.5 Å². The molecule has 0 saturated carbocycles. The number of nitrogens with zero attached hydrogens (tertiary/aromatic N) is 5. The normalized spacial score (nSPS) is 14.9. The summed E-state index contributed by atoms with van der Waals surface area (Å²) >= 11 is 6.18. The third-order valence-electron chi connectivity index (χ3n) is 5.36. The molecule has 10 nitrogen and oxygen atoms in total. The van der Waals surface area contributed by atoms with Gasteiger partial charge >= 0.3 is 0 Å². The van der Waals surface area contributed by atoms with Gasteiger partial charge in [-0.15, -0.1) is 0 Å². The Balaban J connectivity index is 1.40. The van der Waals surface area contributed by atoms with E-state index in [9.17, 15) is 23.3 Å². The zero-order valence-electron chi connectivity index (χ0n) is 17.4. The molecule has 1 fully saturated rings. The van der Waals surface area contributed by atoms with Crippen LogP contribution in [0, 0.1) is 10.1 Å². The Bertz CT molecular complexity index is 1300. The van der Waals surface area contributed by atoms with Crippen LogP contribution in [0.1, 0.15) is 15.9 Å². The zero-order chi connectivity index (χ0) is 23.6. The van der Waals surface area contributed by atoms with Gasteiger partial charge in [0.15, 0.2) is 0 Å². The van der Waals surface area contributed by atoms with E-state index in [-0.39, 0.29) is 42.7 Å². The number of aromatic nitrogens is 2. The average molecular weight is 490 g/mol. The van der Waals surface area contributed by atoms with Crippen molar-refractivity contribution in [1.29, 1.82) is 0 Å². The lowest BCUT2D eigenvalue weighted by Crippen LogP contribution is -2.50. The molecule has 0 aliphatic carbocycles. The number of rotatable bonds is 6. The summed E-state index contributed by atoms with van der Waals surface area (Å²) in [4.78, 5) is 24.6. The highest BCUT2D eigenvalue weighted by atomic mass is 35.5. The molecule has 1 amide bonds. The number of hydrogen-bond acceptors (Lipinski definition) is 6. The van der Waals surface area contributed by atoms with Crippen molar-refractivity contribution in [1.82, 2.24) is 19.0 Å². The molecule has 0 spiro atoms. The van der Waals surface area contributed by atoms with Gasteiger partial charge in [0.05, 0.1) is 28.1 Å². The summed E-state index contributed by atoms with van der Waals surface area (Å²) in [5.74, 6) is -0.243. The van der Waals surface area contributed by atoms with Crippen LogP contribution in [0.5, 0.6) is 0 Å². The third kappa shape index (κ3) is 4.90. The van der Waals surface area contributed by atoms with Crippen molar-refractivity contribution >= 4 is 33.2 Å². The highest BCUT2D eigenvalue weighted by molar-refractivity contribution is 7.89. The first kappa shape index (κ1) is 22.9. The number of halogens is 1. The minimum Gasteiger partial charge on any atom is -0.336 e. The van der Waals surface area contributed by atoms with Crippen molar-refractivity contribution in [2.75, 3.05) is 26.2 Å². The molecule has 0 bridgehead atoms. The molecule has 1 aliphatic heterocycles. The maximum absolute atomic E-state index is 12.9. The van der Waals surface area contributed by atoms with Crippen LogP contribution in [-0.4, -0.2) is 64.4 Å². The van der Waals surface area contributed by atoms with Crippen LogP contribution in [0.3, 0.4) is 0 Å². The van der Waals surface area contributed by atoms with Gasteiger partial charge in [-0.1, -0.05) is 35.9 Å². The van der Waals surface area contributed by atoms with Crippen LogP contribution < -0.4 is 0 Å². The van der Waals surface area contributed by atoms with Gasteiger partial charge in [-0.05, 0) is 17.7 Å². The Labute approximate surface area is 195 Å². The minimum atomic E-state index is -3.90. The molecule has 33 heavy (non-hydrogen) atoms. The Hall–Kier alpha value is -3.28. The van der Waals surface area contributed by atoms with Crippen molar-refractivity contribution in [2.45, 2.75) is 11.4 Å². The first-order valence-electron chi connectivity index (χ1n) is 10.1. The van der Waals surface area contributed by atoms with E-state index in [1.807, 2.05) is 18.2 Å². The van der Waals surface area contributed by atoms with E-state index in [0.29, 0.717) is 17.1 Å². The molecule has 1 aliphatic rings. The topological polar surface area (TPSA) is 119 Å². The molecule has 1 aromatic heterocycles. The number of benzene rings is 2. The molecular formula is C21H20ClN5O5S. The number of nitro groups is 1. The van der Waals surface area contributed by atoms with Crippen molar-refractivity contribution < 1.29 is 18.1 Å². The lowest BCUT2D eigenvalue weighted by molar-refractivity contribution is -0.385. The molecular weight excluding hydrogens is 470 g/mol. The second-order valence-corrected chi connectivity index (χ2v) is 9.81. The smallest absolute Gasteiger partial charge is 0.270 e. The monoisotopic (exact) mass is 489 g/mol. The van der Waals surface area contributed by atoms with Gasteiger partial charge in [0.2, 0.25) is 10.0 Å². The predicted octanol–water partition coefficient (Wildman–Crippen LogP) is 2.64. The van der Waals surface area contributed by atoms with Crippen molar-refractivity contribution in [2.24, 2.45) is 0 Å². The molecule has 2 heterocycles. The fourth-order valence-corrected chi connectivity index (χ4v) is 5.24. The number of nitro benzene ring substituents is 1. The van der Waals surface area contributed by atoms with Gasteiger partial charge < -0.3 is 4.90 Å². The van der Waals surface area contributed by atoms with Gasteiger partial charge in [-0.25, -0.2) is 8.42 Å². The summed E-state index contributed by atoms with van der Waals surface area (Å²) in [5, 5.41) is 15.8. The lowest BCUT2D eigenvalue weighted by Gasteiger charge is -2.33. The molecule has 0 unspecified atom stereocenters. The number of non-ortho nitro benzene ring substituents is 1. The van der Waals surface area contributed by atoms with Crippen LogP contribution in [0.25, 0.3) is 0 Å². The van der Waals surface area contributed by atoms with Crippen LogP contribution in [0.2, 0.25) is 5.02 Å². The highest BCUT2D eigenvalue weighted by Crippen LogP contribution is 2.22. The van der Waals surface area contributed by atoms with Crippen LogP contribution in [-0.2, 0) is 16.6 Å². The molecule has 0 radical (unpaired) electrons. The molecule has 0 atom stereocenters. The second-order valence-electron chi connectivity index (χ2n) is 7.47. The second kappa shape index (κ2) is 9.30. The summed E-state index contributed by atoms with van der Waals surface area (Å²) < 4.78 is 28.6. The summed E-state index contributed by atoms with van der Waals surface area (Å²) in [6.45, 7) is 0.989. The number of carbonyl (C=O) groups is 1. The SMILES string of the molecule is O=C(c1cnn(Cc2ccccc2Cl)c1)N1CCN(S(=O)(=O)c2cccc([N+](=O)[O-])c2)CC1. The molecule has 2 aromatic carbocycles. The molecule has 1 saturated heterocycles. The van der Waals surface area contributed by atoms with E-state index in [1.165, 1.54) is 28.7 Å². The number of hydrogen-bond donors (Lipinski definition) is 0. The first-order chi connectivity index (χ1) is 15.8. The van der Waals surface area contributed by atoms with E-state index >= 15 is 0 Å². The predicted molar refractivity (Wildman–Crippen MR) is 121 cm³/mol. The number of piperazine rings is 1. The molecule has 172 valence electrons. The number of sulfonamides is 1. The maximum Gasteiger partial charge on any atom is 0.270 e. The summed E-state index contributed by atoms with van der Waals surface area (Å²) in [5.41, 5.74) is 0.983. The lowest BCUT2D eigenvalue weighted by atomic mass is 10.2.